The van der Waals surface area contributed by atoms with E-state index in [0.29, 0.717) is 18.2 Å². The van der Waals surface area contributed by atoms with Crippen molar-refractivity contribution in [3.63, 3.8) is 0 Å². The van der Waals surface area contributed by atoms with Gasteiger partial charge in [0.25, 0.3) is 12.3 Å². The van der Waals surface area contributed by atoms with Crippen LogP contribution in [-0.2, 0) is 0 Å². The van der Waals surface area contributed by atoms with Crippen LogP contribution >= 0.6 is 0 Å². The Labute approximate surface area is 146 Å². The van der Waals surface area contributed by atoms with E-state index in [2.05, 4.69) is 36.4 Å². The van der Waals surface area contributed by atoms with Crippen LogP contribution in [-0.4, -0.2) is 41.5 Å². The average molecular weight is 347 g/mol. The molecule has 6 heteroatoms. The zero-order valence-electron chi connectivity index (χ0n) is 14.2. The molecule has 134 valence electrons. The summed E-state index contributed by atoms with van der Waals surface area (Å²) in [7, 11) is 0. The quantitative estimate of drug-likeness (QED) is 0.818. The number of carbonyl (C=O) groups is 1. The van der Waals surface area contributed by atoms with Crippen molar-refractivity contribution in [1.82, 2.24) is 9.88 Å². The summed E-state index contributed by atoms with van der Waals surface area (Å²) in [4.78, 5) is 21.3. The van der Waals surface area contributed by atoms with Crippen LogP contribution < -0.4 is 10.6 Å². The number of aromatic amines is 1. The smallest absolute Gasteiger partial charge is 0.270 e. The van der Waals surface area contributed by atoms with E-state index in [-0.39, 0.29) is 30.0 Å². The Bertz CT molecular complexity index is 870. The number of alkyl halides is 2. The maximum atomic E-state index is 13.1. The van der Waals surface area contributed by atoms with Gasteiger partial charge < -0.3 is 9.88 Å². The molecule has 1 amide bonds. The number of nitrogens with one attached hydrogen (secondary N) is 1. The maximum Gasteiger partial charge on any atom is 0.270 e. The molecule has 1 aromatic rings. The van der Waals surface area contributed by atoms with Gasteiger partial charge in [-0.2, -0.15) is 0 Å². The molecular weight excluding hydrogens is 324 g/mol. The SMILES string of the molecule is C=CC1=C(N=C)CCN(C(=O)c2cc(=C)/c(=C(\C=C)C(F)F)[nH]2)[C@@H]1C.[HH]. The number of allylic oxidation sites excluding steroid dienone is 1. The van der Waals surface area contributed by atoms with Crippen LogP contribution in [0.1, 0.15) is 25.3 Å². The van der Waals surface area contributed by atoms with Gasteiger partial charge in [-0.25, -0.2) is 8.78 Å². The topological polar surface area (TPSA) is 48.5 Å². The molecule has 1 atom stereocenters. The predicted octanol–water partition coefficient (Wildman–Crippen LogP) is 2.65. The van der Waals surface area contributed by atoms with Crippen molar-refractivity contribution in [2.24, 2.45) is 4.99 Å². The summed E-state index contributed by atoms with van der Waals surface area (Å²) < 4.78 is 26.2. The Morgan fingerprint density at radius 1 is 1.52 bits per heavy atom. The molecule has 1 aromatic heterocycles. The molecule has 2 rings (SSSR count). The normalized spacial score (nSPS) is 19.0. The lowest BCUT2D eigenvalue weighted by molar-refractivity contribution is 0.0703. The highest BCUT2D eigenvalue weighted by molar-refractivity contribution is 5.93. The molecule has 0 saturated heterocycles. The third kappa shape index (κ3) is 3.38. The molecule has 0 aliphatic carbocycles. The number of rotatable bonds is 5. The lowest BCUT2D eigenvalue weighted by Gasteiger charge is -2.34. The third-order valence-electron chi connectivity index (χ3n) is 4.39. The van der Waals surface area contributed by atoms with Gasteiger partial charge in [-0.05, 0) is 30.5 Å². The highest BCUT2D eigenvalue weighted by Crippen LogP contribution is 2.26. The summed E-state index contributed by atoms with van der Waals surface area (Å²) in [6.07, 6.45) is 0.600. The first-order chi connectivity index (χ1) is 11.8. The molecule has 1 aliphatic rings. The Kier molecular flexibility index (Phi) is 5.51. The average Bonchev–Trinajstić information content (AvgIpc) is 2.96. The van der Waals surface area contributed by atoms with Crippen LogP contribution in [0.2, 0.25) is 0 Å². The molecule has 25 heavy (non-hydrogen) atoms. The fourth-order valence-electron chi connectivity index (χ4n) is 3.03. The molecule has 1 aliphatic heterocycles. The first kappa shape index (κ1) is 18.6. The molecule has 2 heterocycles. The fraction of sp³-hybridized carbons (Fsp3) is 0.263. The zero-order valence-corrected chi connectivity index (χ0v) is 14.2. The monoisotopic (exact) mass is 347 g/mol. The molecule has 0 aromatic carbocycles. The summed E-state index contributed by atoms with van der Waals surface area (Å²) in [5.41, 5.74) is 1.59. The number of hydrogen-bond acceptors (Lipinski definition) is 2. The van der Waals surface area contributed by atoms with E-state index in [0.717, 1.165) is 17.3 Å². The van der Waals surface area contributed by atoms with Gasteiger partial charge in [0.05, 0.1) is 11.4 Å². The van der Waals surface area contributed by atoms with Crippen LogP contribution in [0, 0.1) is 0 Å². The number of hydrogen-bond donors (Lipinski definition) is 1. The van der Waals surface area contributed by atoms with E-state index in [1.165, 1.54) is 6.07 Å². The van der Waals surface area contributed by atoms with E-state index in [9.17, 15) is 13.6 Å². The van der Waals surface area contributed by atoms with Gasteiger partial charge >= 0.3 is 0 Å². The molecule has 0 unspecified atom stereocenters. The van der Waals surface area contributed by atoms with Crippen molar-refractivity contribution in [1.29, 1.82) is 0 Å². The Balaban J connectivity index is 0.00000338. The Morgan fingerprint density at radius 3 is 2.72 bits per heavy atom. The molecule has 0 fully saturated rings. The molecule has 1 N–H and O–H groups in total. The highest BCUT2D eigenvalue weighted by Gasteiger charge is 2.29. The van der Waals surface area contributed by atoms with Crippen LogP contribution in [0.4, 0.5) is 8.78 Å². The number of aliphatic imine (C=N–C) groups is 1. The molecular formula is C19H23F2N3O. The predicted molar refractivity (Wildman–Crippen MR) is 99.2 cm³/mol. The fourth-order valence-corrected chi connectivity index (χ4v) is 3.03. The largest absolute Gasteiger partial charge is 0.350 e. The van der Waals surface area contributed by atoms with Crippen molar-refractivity contribution in [3.05, 3.63) is 58.9 Å². The van der Waals surface area contributed by atoms with E-state index in [4.69, 9.17) is 0 Å². The van der Waals surface area contributed by atoms with E-state index < -0.39 is 6.43 Å². The lowest BCUT2D eigenvalue weighted by Crippen LogP contribution is -2.43. The molecule has 4 nitrogen and oxygen atoms in total. The summed E-state index contributed by atoms with van der Waals surface area (Å²) in [5.74, 6) is -0.288. The molecule has 0 radical (unpaired) electrons. The van der Waals surface area contributed by atoms with Gasteiger partial charge in [-0.3, -0.25) is 9.79 Å². The second-order valence-corrected chi connectivity index (χ2v) is 5.73. The molecule has 0 saturated carbocycles. The maximum absolute atomic E-state index is 13.1. The summed E-state index contributed by atoms with van der Waals surface area (Å²) in [5, 5.41) is 0.460. The van der Waals surface area contributed by atoms with E-state index >= 15 is 0 Å². The first-order valence-electron chi connectivity index (χ1n) is 7.81. The zero-order chi connectivity index (χ0) is 18.7. The number of amides is 1. The van der Waals surface area contributed by atoms with Crippen molar-refractivity contribution in [3.8, 4) is 0 Å². The minimum Gasteiger partial charge on any atom is -0.350 e. The van der Waals surface area contributed by atoms with Crippen molar-refractivity contribution in [2.75, 3.05) is 6.54 Å². The van der Waals surface area contributed by atoms with Crippen LogP contribution in [0.5, 0.6) is 0 Å². The van der Waals surface area contributed by atoms with Gasteiger partial charge in [0.15, 0.2) is 0 Å². The van der Waals surface area contributed by atoms with Crippen molar-refractivity contribution in [2.45, 2.75) is 25.8 Å². The summed E-state index contributed by atoms with van der Waals surface area (Å²) in [6.45, 7) is 16.8. The van der Waals surface area contributed by atoms with Crippen LogP contribution in [0.25, 0.3) is 12.2 Å². The number of nitrogens with zero attached hydrogens (tertiary/aromatic N) is 2. The van der Waals surface area contributed by atoms with Crippen molar-refractivity contribution >= 4 is 24.8 Å². The van der Waals surface area contributed by atoms with Gasteiger partial charge in [0, 0.05) is 25.7 Å². The van der Waals surface area contributed by atoms with E-state index in [1.54, 1.807) is 11.0 Å². The second kappa shape index (κ2) is 7.42. The molecule has 0 spiro atoms. The van der Waals surface area contributed by atoms with Gasteiger partial charge in [-0.1, -0.05) is 31.9 Å². The minimum atomic E-state index is -2.70. The van der Waals surface area contributed by atoms with Crippen molar-refractivity contribution < 1.29 is 15.0 Å². The van der Waals surface area contributed by atoms with Gasteiger partial charge in [0.1, 0.15) is 5.69 Å². The number of H-pyrrole nitrogens is 1. The van der Waals surface area contributed by atoms with Gasteiger partial charge in [-0.15, -0.1) is 0 Å². The lowest BCUT2D eigenvalue weighted by atomic mass is 9.98. The Hall–Kier alpha value is -2.76. The number of carbonyl (C=O) groups excluding carboxylic acids is 1. The minimum absolute atomic E-state index is 0. The highest BCUT2D eigenvalue weighted by atomic mass is 19.3. The Morgan fingerprint density at radius 2 is 2.20 bits per heavy atom. The summed E-state index contributed by atoms with van der Waals surface area (Å²) >= 11 is 0. The number of aromatic nitrogens is 1. The van der Waals surface area contributed by atoms with Crippen LogP contribution in [0.15, 0.2) is 47.6 Å². The van der Waals surface area contributed by atoms with Gasteiger partial charge in [0.2, 0.25) is 0 Å². The standard InChI is InChI=1S/C19H21F2N3O.H2/c1-6-13-12(4)24(9-8-15(13)22-5)19(25)16-10-11(3)17(23-16)14(7-2)18(20)21;/h6-7,10,12,18,23H,1-3,5,8-9H2,4H3;1H/b17-14-;/t12-;/m1./s1. The third-order valence-corrected chi connectivity index (χ3v) is 4.39. The first-order valence-corrected chi connectivity index (χ1v) is 7.81. The summed E-state index contributed by atoms with van der Waals surface area (Å²) in [6, 6.07) is 1.24. The second-order valence-electron chi connectivity index (χ2n) is 5.73. The number of halogens is 2. The van der Waals surface area contributed by atoms with E-state index in [1.807, 2.05) is 6.92 Å². The molecule has 0 bridgehead atoms. The van der Waals surface area contributed by atoms with Crippen LogP contribution in [0.3, 0.4) is 0 Å².